The Kier molecular flexibility index (Phi) is 6.73. The van der Waals surface area contributed by atoms with E-state index in [1.165, 1.54) is 0 Å². The summed E-state index contributed by atoms with van der Waals surface area (Å²) in [6.07, 6.45) is 2.62. The first-order valence-corrected chi connectivity index (χ1v) is 12.4. The number of hydrogen-bond acceptors (Lipinski definition) is 5. The second kappa shape index (κ2) is 9.90. The smallest absolute Gasteiger partial charge is 0.252 e. The average Bonchev–Trinajstić information content (AvgIpc) is 3.22. The molecule has 7 heteroatoms. The lowest BCUT2D eigenvalue weighted by molar-refractivity contribution is 0.0863. The molecule has 3 aromatic rings. The fourth-order valence-electron chi connectivity index (χ4n) is 5.03. The molecule has 1 saturated heterocycles. The summed E-state index contributed by atoms with van der Waals surface area (Å²) in [6, 6.07) is 15.2. The van der Waals surface area contributed by atoms with Gasteiger partial charge in [0.05, 0.1) is 29.5 Å². The largest absolute Gasteiger partial charge is 0.494 e. The Hall–Kier alpha value is -2.67. The monoisotopic (exact) mass is 479 g/mol. The van der Waals surface area contributed by atoms with Gasteiger partial charge in [-0.2, -0.15) is 0 Å². The molecule has 1 aliphatic carbocycles. The Labute approximate surface area is 204 Å². The van der Waals surface area contributed by atoms with E-state index in [0.717, 1.165) is 61.3 Å². The van der Waals surface area contributed by atoms with E-state index in [1.54, 1.807) is 12.1 Å². The van der Waals surface area contributed by atoms with Gasteiger partial charge in [-0.3, -0.25) is 4.79 Å². The normalized spacial score (nSPS) is 22.5. The molecule has 0 unspecified atom stereocenters. The molecule has 1 aliphatic heterocycles. The number of aliphatic hydroxyl groups excluding tert-OH is 1. The molecule has 6 nitrogen and oxygen atoms in total. The lowest BCUT2D eigenvalue weighted by Crippen LogP contribution is -2.47. The van der Waals surface area contributed by atoms with Gasteiger partial charge in [0.1, 0.15) is 5.75 Å². The molecular weight excluding hydrogens is 450 g/mol. The van der Waals surface area contributed by atoms with E-state index in [4.69, 9.17) is 21.3 Å². The highest BCUT2D eigenvalue weighted by molar-refractivity contribution is 6.31. The highest BCUT2D eigenvalue weighted by Crippen LogP contribution is 2.31. The fraction of sp³-hybridized carbons (Fsp3) is 0.407. The Bertz CT molecular complexity index is 1180. The lowest BCUT2D eigenvalue weighted by Gasteiger charge is -2.38. The molecule has 178 valence electrons. The molecule has 5 rings (SSSR count). The molecule has 1 saturated carbocycles. The minimum absolute atomic E-state index is 0.0815. The highest BCUT2D eigenvalue weighted by atomic mass is 35.5. The zero-order valence-corrected chi connectivity index (χ0v) is 20.1. The van der Waals surface area contributed by atoms with Crippen LogP contribution in [0.25, 0.3) is 22.2 Å². The number of β-amino-alcohol motifs (C(OH)–C–C–N with tert-alkyl or cyclic N) is 1. The van der Waals surface area contributed by atoms with Crippen LogP contribution in [0.5, 0.6) is 5.75 Å². The molecule has 1 amide bonds. The number of aromatic nitrogens is 1. The number of benzene rings is 2. The number of halogens is 1. The Morgan fingerprint density at radius 2 is 2.00 bits per heavy atom. The molecule has 1 atom stereocenters. The Morgan fingerprint density at radius 1 is 1.21 bits per heavy atom. The number of likely N-dealkylation sites (tertiary alicyclic amines) is 1. The van der Waals surface area contributed by atoms with Crippen LogP contribution in [-0.2, 0) is 0 Å². The van der Waals surface area contributed by atoms with Gasteiger partial charge in [-0.15, -0.1) is 0 Å². The van der Waals surface area contributed by atoms with Gasteiger partial charge in [-0.25, -0.2) is 4.98 Å². The summed E-state index contributed by atoms with van der Waals surface area (Å²) < 4.78 is 5.55. The van der Waals surface area contributed by atoms with Crippen molar-refractivity contribution in [3.63, 3.8) is 0 Å². The van der Waals surface area contributed by atoms with E-state index in [1.807, 2.05) is 43.3 Å². The first kappa shape index (κ1) is 23.1. The number of nitrogens with one attached hydrogen (secondary N) is 1. The number of pyridine rings is 1. The van der Waals surface area contributed by atoms with Crippen LogP contribution in [0, 0.1) is 5.92 Å². The lowest BCUT2D eigenvalue weighted by atomic mass is 9.79. The molecular formula is C27H30ClN3O3. The third-order valence-electron chi connectivity index (χ3n) is 6.81. The van der Waals surface area contributed by atoms with Crippen LogP contribution in [-0.4, -0.2) is 59.3 Å². The van der Waals surface area contributed by atoms with Gasteiger partial charge in [0.15, 0.2) is 0 Å². The summed E-state index contributed by atoms with van der Waals surface area (Å²) in [6.45, 7) is 5.30. The number of nitrogens with zero attached hydrogens (tertiary/aromatic N) is 2. The van der Waals surface area contributed by atoms with Gasteiger partial charge in [-0.1, -0.05) is 17.7 Å². The molecule has 2 N–H and O–H groups in total. The Balaban J connectivity index is 1.33. The van der Waals surface area contributed by atoms with E-state index >= 15 is 0 Å². The topological polar surface area (TPSA) is 74.7 Å². The van der Waals surface area contributed by atoms with Crippen molar-refractivity contribution >= 4 is 28.4 Å². The van der Waals surface area contributed by atoms with Gasteiger partial charge in [-0.05, 0) is 74.6 Å². The standard InChI is InChI=1S/C27H30ClN3O3/c1-2-34-22-6-3-18(4-7-22)25-14-24(23-8-5-19(28)13-26(23)30-25)27(33)29-20-11-17(12-20)15-31-10-9-21(32)16-31/h3-8,13-14,17,20-21,32H,2,9-12,15-16H2,1H3,(H,29,33)/t17?,20?,21-/m1/s1. The van der Waals surface area contributed by atoms with E-state index in [9.17, 15) is 9.90 Å². The maximum absolute atomic E-state index is 13.3. The van der Waals surface area contributed by atoms with Gasteiger partial charge < -0.3 is 20.1 Å². The van der Waals surface area contributed by atoms with Crippen molar-refractivity contribution in [2.45, 2.75) is 38.3 Å². The molecule has 0 bridgehead atoms. The number of fused-ring (bicyclic) bond motifs is 1. The van der Waals surface area contributed by atoms with Crippen molar-refractivity contribution in [3.8, 4) is 17.0 Å². The van der Waals surface area contributed by atoms with Crippen molar-refractivity contribution in [2.24, 2.45) is 5.92 Å². The predicted octanol–water partition coefficient (Wildman–Crippen LogP) is 4.53. The van der Waals surface area contributed by atoms with Crippen LogP contribution >= 0.6 is 11.6 Å². The SMILES string of the molecule is CCOc1ccc(-c2cc(C(=O)NC3CC(CN4CC[C@@H](O)C4)C3)c3ccc(Cl)cc3n2)cc1. The molecule has 2 heterocycles. The Morgan fingerprint density at radius 3 is 2.71 bits per heavy atom. The quantitative estimate of drug-likeness (QED) is 0.520. The van der Waals surface area contributed by atoms with Crippen molar-refractivity contribution in [3.05, 3.63) is 59.1 Å². The third kappa shape index (κ3) is 5.04. The summed E-state index contributed by atoms with van der Waals surface area (Å²) in [5.41, 5.74) is 2.94. The minimum atomic E-state index is -0.186. The van der Waals surface area contributed by atoms with Crippen LogP contribution in [0.3, 0.4) is 0 Å². The van der Waals surface area contributed by atoms with Crippen LogP contribution in [0.4, 0.5) is 0 Å². The minimum Gasteiger partial charge on any atom is -0.494 e. The highest BCUT2D eigenvalue weighted by Gasteiger charge is 2.33. The molecule has 2 aliphatic rings. The predicted molar refractivity (Wildman–Crippen MR) is 134 cm³/mol. The fourth-order valence-corrected chi connectivity index (χ4v) is 5.20. The van der Waals surface area contributed by atoms with Crippen LogP contribution in [0.15, 0.2) is 48.5 Å². The van der Waals surface area contributed by atoms with Crippen molar-refractivity contribution < 1.29 is 14.6 Å². The number of ether oxygens (including phenoxy) is 1. The van der Waals surface area contributed by atoms with E-state index in [2.05, 4.69) is 10.2 Å². The van der Waals surface area contributed by atoms with E-state index in [0.29, 0.717) is 28.6 Å². The van der Waals surface area contributed by atoms with Gasteiger partial charge in [0.2, 0.25) is 0 Å². The van der Waals surface area contributed by atoms with Crippen LogP contribution < -0.4 is 10.1 Å². The average molecular weight is 480 g/mol. The second-order valence-corrected chi connectivity index (χ2v) is 9.82. The summed E-state index contributed by atoms with van der Waals surface area (Å²) in [7, 11) is 0. The first-order valence-electron chi connectivity index (χ1n) is 12.0. The number of rotatable bonds is 7. The van der Waals surface area contributed by atoms with E-state index in [-0.39, 0.29) is 18.1 Å². The maximum atomic E-state index is 13.3. The maximum Gasteiger partial charge on any atom is 0.252 e. The zero-order valence-electron chi connectivity index (χ0n) is 19.3. The molecule has 0 spiro atoms. The molecule has 1 aromatic heterocycles. The van der Waals surface area contributed by atoms with Gasteiger partial charge in [0, 0.05) is 41.6 Å². The molecule has 34 heavy (non-hydrogen) atoms. The summed E-state index contributed by atoms with van der Waals surface area (Å²) in [5, 5.41) is 14.3. The number of hydrogen-bond donors (Lipinski definition) is 2. The summed E-state index contributed by atoms with van der Waals surface area (Å²) in [4.78, 5) is 20.4. The van der Waals surface area contributed by atoms with Crippen LogP contribution in [0.1, 0.15) is 36.5 Å². The summed E-state index contributed by atoms with van der Waals surface area (Å²) >= 11 is 6.24. The van der Waals surface area contributed by atoms with Crippen molar-refractivity contribution in [1.82, 2.24) is 15.2 Å². The first-order chi connectivity index (χ1) is 16.5. The van der Waals surface area contributed by atoms with Crippen molar-refractivity contribution in [2.75, 3.05) is 26.2 Å². The second-order valence-electron chi connectivity index (χ2n) is 9.38. The van der Waals surface area contributed by atoms with Crippen molar-refractivity contribution in [1.29, 1.82) is 0 Å². The number of aliphatic hydroxyl groups is 1. The molecule has 2 fully saturated rings. The van der Waals surface area contributed by atoms with Crippen LogP contribution in [0.2, 0.25) is 5.02 Å². The number of carbonyl (C=O) groups excluding carboxylic acids is 1. The number of amides is 1. The van der Waals surface area contributed by atoms with Gasteiger partial charge in [0.25, 0.3) is 5.91 Å². The van der Waals surface area contributed by atoms with Gasteiger partial charge >= 0.3 is 0 Å². The third-order valence-corrected chi connectivity index (χ3v) is 7.05. The zero-order chi connectivity index (χ0) is 23.7. The molecule has 0 radical (unpaired) electrons. The molecule has 2 aromatic carbocycles. The van der Waals surface area contributed by atoms with E-state index < -0.39 is 0 Å². The number of carbonyl (C=O) groups is 1. The summed E-state index contributed by atoms with van der Waals surface area (Å²) in [5.74, 6) is 1.29.